The summed E-state index contributed by atoms with van der Waals surface area (Å²) >= 11 is 29.6. The third-order valence-corrected chi connectivity index (χ3v) is 22.4. The standard InChI is InChI=1S/C13H16BBrO3.C13H16BClO3.C12H14BBrO3.C12H14BClO3.C11H12BBrO3.C11H12BClO3/c2*1-4-9-11-8(15)5-6-10-12(11)14(17-9)18-13(2,3)7-16-10;2*1-3-9-11-8(14)4-5-10-12(11)13(17-9)16-7(2)6-15-10;2*1-2-8-10-7(13)3-4-9-11(10)12(16-8)15-6-5-14-9/h2*5-6,9H,4,7H2,1-3H3;2*4-5,7,9H,3,6H2,1-2H3;2*3-4,8H,2,5-6H2,1H3. The Hall–Kier alpha value is -3.66. The van der Waals surface area contributed by atoms with Crippen molar-refractivity contribution in [1.29, 1.82) is 0 Å². The van der Waals surface area contributed by atoms with E-state index in [0.717, 1.165) is 151 Å². The zero-order valence-corrected chi connectivity index (χ0v) is 66.6. The molecular weight excluding hydrogens is 1560 g/mol. The normalized spacial score (nSPS) is 24.5. The van der Waals surface area contributed by atoms with Crippen LogP contribution in [0.3, 0.4) is 0 Å². The molecule has 12 aliphatic rings. The molecule has 18 rings (SSSR count). The highest BCUT2D eigenvalue weighted by Crippen LogP contribution is 2.44. The van der Waals surface area contributed by atoms with E-state index < -0.39 is 0 Å². The second kappa shape index (κ2) is 32.7. The summed E-state index contributed by atoms with van der Waals surface area (Å²) in [5.41, 5.74) is 12.1. The molecule has 0 spiro atoms. The Labute approximate surface area is 641 Å². The van der Waals surface area contributed by atoms with Crippen LogP contribution in [0.25, 0.3) is 0 Å². The van der Waals surface area contributed by atoms with Gasteiger partial charge in [-0.2, -0.15) is 0 Å². The molecule has 30 heteroatoms. The summed E-state index contributed by atoms with van der Waals surface area (Å²) < 4.78 is 108. The maximum atomic E-state index is 6.29. The quantitative estimate of drug-likeness (QED) is 0.144. The molecule has 12 aliphatic heterocycles. The predicted molar refractivity (Wildman–Crippen MR) is 410 cm³/mol. The number of rotatable bonds is 6. The Kier molecular flexibility index (Phi) is 24.5. The maximum Gasteiger partial charge on any atom is 0.499 e. The molecular formula is C72H84B6Br3Cl3O18. The summed E-state index contributed by atoms with van der Waals surface area (Å²) in [6.45, 7) is 29.1. The van der Waals surface area contributed by atoms with Gasteiger partial charge in [0, 0.05) is 78.0 Å². The molecule has 102 heavy (non-hydrogen) atoms. The van der Waals surface area contributed by atoms with Crippen molar-refractivity contribution in [2.24, 2.45) is 0 Å². The minimum absolute atomic E-state index is 0.00468. The monoisotopic (exact) mass is 1640 g/mol. The van der Waals surface area contributed by atoms with Gasteiger partial charge in [-0.15, -0.1) is 0 Å². The van der Waals surface area contributed by atoms with E-state index in [1.165, 1.54) is 16.7 Å². The van der Waals surface area contributed by atoms with E-state index in [1.807, 2.05) is 114 Å². The van der Waals surface area contributed by atoms with Gasteiger partial charge in [0.1, 0.15) is 74.1 Å². The zero-order chi connectivity index (χ0) is 72.1. The first-order chi connectivity index (χ1) is 49.1. The van der Waals surface area contributed by atoms with Crippen molar-refractivity contribution < 1.29 is 84.3 Å². The molecule has 6 aromatic carbocycles. The van der Waals surface area contributed by atoms with Crippen LogP contribution in [-0.2, 0) is 55.9 Å². The second-order valence-corrected chi connectivity index (χ2v) is 31.5. The molecule has 0 saturated heterocycles. The number of benzene rings is 6. The molecule has 0 aliphatic carbocycles. The SMILES string of the molecule is CCC1OB2OC(C)(C)COc3ccc(Br)c1c32.CCC1OB2OC(C)(C)COc3ccc(Cl)c1c32.CCC1OB2OC(C)COc3ccc(Br)c1c32.CCC1OB2OC(C)COc3ccc(Cl)c1c32.CCC1OB2OCCOc3ccc(Br)c1c32.CCC1OB2OCCOc3ccc(Cl)c1c32. The molecule has 0 N–H and O–H groups in total. The lowest BCUT2D eigenvalue weighted by Crippen LogP contribution is -2.40. The topological polar surface area (TPSA) is 166 Å². The molecule has 0 aromatic heterocycles. The van der Waals surface area contributed by atoms with Crippen LogP contribution in [-0.4, -0.2) is 119 Å². The van der Waals surface area contributed by atoms with Crippen LogP contribution in [0.15, 0.2) is 86.2 Å². The van der Waals surface area contributed by atoms with Gasteiger partial charge in [-0.1, -0.05) is 124 Å². The summed E-state index contributed by atoms with van der Waals surface area (Å²) in [7, 11) is -1.85. The van der Waals surface area contributed by atoms with Gasteiger partial charge in [0.2, 0.25) is 0 Å². The summed E-state index contributed by atoms with van der Waals surface area (Å²) in [5, 5.41) is 2.21. The van der Waals surface area contributed by atoms with Gasteiger partial charge in [-0.05, 0) is 170 Å². The van der Waals surface area contributed by atoms with Crippen molar-refractivity contribution in [3.05, 3.63) is 135 Å². The average Bonchev–Trinajstić information content (AvgIpc) is 1.67. The van der Waals surface area contributed by atoms with Gasteiger partial charge >= 0.3 is 42.7 Å². The van der Waals surface area contributed by atoms with E-state index in [-0.39, 0.29) is 103 Å². The third-order valence-electron chi connectivity index (χ3n) is 19.3. The number of hydrogen-bond acceptors (Lipinski definition) is 18. The Morgan fingerprint density at radius 1 is 0.333 bits per heavy atom. The molecule has 0 fully saturated rings. The second-order valence-electron chi connectivity index (χ2n) is 27.7. The fraction of sp³-hybridized carbons (Fsp3) is 0.500. The Bertz CT molecular complexity index is 3790. The number of ether oxygens (including phenoxy) is 6. The zero-order valence-electron chi connectivity index (χ0n) is 59.5. The molecule has 540 valence electrons. The predicted octanol–water partition coefficient (Wildman–Crippen LogP) is 14.2. The van der Waals surface area contributed by atoms with Gasteiger partial charge in [0.05, 0.1) is 73.2 Å². The third kappa shape index (κ3) is 15.7. The molecule has 0 amide bonds. The Morgan fingerprint density at radius 3 is 0.961 bits per heavy atom. The van der Waals surface area contributed by atoms with E-state index in [9.17, 15) is 0 Å². The molecule has 12 heterocycles. The molecule has 18 nitrogen and oxygen atoms in total. The summed E-state index contributed by atoms with van der Waals surface area (Å²) in [4.78, 5) is 0. The first-order valence-electron chi connectivity index (χ1n) is 35.6. The van der Waals surface area contributed by atoms with Gasteiger partial charge in [0.25, 0.3) is 0 Å². The first-order valence-corrected chi connectivity index (χ1v) is 39.1. The molecule has 8 unspecified atom stereocenters. The fourth-order valence-corrected chi connectivity index (χ4v) is 17.2. The van der Waals surface area contributed by atoms with Gasteiger partial charge in [-0.3, -0.25) is 0 Å². The van der Waals surface area contributed by atoms with E-state index >= 15 is 0 Å². The number of hydrogen-bond donors (Lipinski definition) is 0. The summed E-state index contributed by atoms with van der Waals surface area (Å²) in [6.07, 6.45) is 5.82. The van der Waals surface area contributed by atoms with Gasteiger partial charge in [-0.25, -0.2) is 0 Å². The van der Waals surface area contributed by atoms with Crippen LogP contribution in [0, 0.1) is 0 Å². The van der Waals surface area contributed by atoms with Crippen LogP contribution >= 0.6 is 82.6 Å². The highest BCUT2D eigenvalue weighted by molar-refractivity contribution is 9.11. The average molecular weight is 1650 g/mol. The van der Waals surface area contributed by atoms with Gasteiger partial charge < -0.3 is 84.3 Å². The molecule has 6 aromatic rings. The maximum absolute atomic E-state index is 6.29. The molecule has 0 radical (unpaired) electrons. The first kappa shape index (κ1) is 76.5. The van der Waals surface area contributed by atoms with Crippen LogP contribution in [0.4, 0.5) is 0 Å². The van der Waals surface area contributed by atoms with E-state index in [2.05, 4.69) is 89.3 Å². The highest BCUT2D eigenvalue weighted by atomic mass is 79.9. The van der Waals surface area contributed by atoms with Crippen LogP contribution < -0.4 is 61.2 Å². The minimum atomic E-state index is -0.365. The molecule has 8 atom stereocenters. The van der Waals surface area contributed by atoms with Crippen molar-refractivity contribution in [1.82, 2.24) is 0 Å². The van der Waals surface area contributed by atoms with Crippen molar-refractivity contribution >= 4 is 158 Å². The lowest BCUT2D eigenvalue weighted by Gasteiger charge is -2.25. The summed E-state index contributed by atoms with van der Waals surface area (Å²) in [6, 6.07) is 23.3. The van der Waals surface area contributed by atoms with Crippen molar-refractivity contribution in [3.63, 3.8) is 0 Å². The van der Waals surface area contributed by atoms with Crippen molar-refractivity contribution in [2.75, 3.05) is 52.9 Å². The van der Waals surface area contributed by atoms with Crippen LogP contribution in [0.1, 0.15) is 192 Å². The van der Waals surface area contributed by atoms with E-state index in [4.69, 9.17) is 119 Å². The minimum Gasteiger partial charge on any atom is -0.492 e. The largest absolute Gasteiger partial charge is 0.499 e. The fourth-order valence-electron chi connectivity index (χ4n) is 14.5. The molecule has 0 saturated carbocycles. The Morgan fingerprint density at radius 2 is 0.598 bits per heavy atom. The van der Waals surface area contributed by atoms with E-state index in [0.29, 0.717) is 52.9 Å². The highest BCUT2D eigenvalue weighted by Gasteiger charge is 2.50. The van der Waals surface area contributed by atoms with E-state index in [1.54, 1.807) is 0 Å². The van der Waals surface area contributed by atoms with Crippen molar-refractivity contribution in [3.8, 4) is 34.5 Å². The van der Waals surface area contributed by atoms with Crippen LogP contribution in [0.2, 0.25) is 15.1 Å². The van der Waals surface area contributed by atoms with Crippen LogP contribution in [0.5, 0.6) is 34.5 Å². The number of halogens is 6. The smallest absolute Gasteiger partial charge is 0.492 e. The summed E-state index contributed by atoms with van der Waals surface area (Å²) in [5.74, 6) is 5.21. The Balaban J connectivity index is 0.000000109. The van der Waals surface area contributed by atoms with Gasteiger partial charge in [0.15, 0.2) is 0 Å². The van der Waals surface area contributed by atoms with Crippen molar-refractivity contribution in [2.45, 2.75) is 182 Å². The lowest BCUT2D eigenvalue weighted by atomic mass is 9.77. The molecule has 0 bridgehead atoms. The lowest BCUT2D eigenvalue weighted by molar-refractivity contribution is 0.0264.